The van der Waals surface area contributed by atoms with Crippen LogP contribution in [0.25, 0.3) is 0 Å². The van der Waals surface area contributed by atoms with Crippen LogP contribution in [0.1, 0.15) is 28.3 Å². The Bertz CT molecular complexity index is 820. The molecule has 7 heteroatoms. The molecule has 1 unspecified atom stereocenters. The molecule has 0 aromatic heterocycles. The number of benzene rings is 2. The Morgan fingerprint density at radius 3 is 2.32 bits per heavy atom. The van der Waals surface area contributed by atoms with Gasteiger partial charge in [-0.25, -0.2) is 8.42 Å². The molecular formula is C18H23ClN2O3S. The van der Waals surface area contributed by atoms with Gasteiger partial charge in [0.05, 0.1) is 5.75 Å². The zero-order valence-corrected chi connectivity index (χ0v) is 15.9. The van der Waals surface area contributed by atoms with Crippen molar-refractivity contribution in [1.82, 2.24) is 5.32 Å². The summed E-state index contributed by atoms with van der Waals surface area (Å²) in [6, 6.07) is 13.9. The summed E-state index contributed by atoms with van der Waals surface area (Å²) in [6.07, 6.45) is 1.20. The predicted octanol–water partition coefficient (Wildman–Crippen LogP) is 2.28. The summed E-state index contributed by atoms with van der Waals surface area (Å²) in [7, 11) is -3.09. The summed E-state index contributed by atoms with van der Waals surface area (Å²) >= 11 is 0. The monoisotopic (exact) mass is 382 g/mol. The van der Waals surface area contributed by atoms with Crippen molar-refractivity contribution >= 4 is 28.2 Å². The van der Waals surface area contributed by atoms with Gasteiger partial charge in [0, 0.05) is 12.8 Å². The zero-order valence-electron chi connectivity index (χ0n) is 14.2. The predicted molar refractivity (Wildman–Crippen MR) is 102 cm³/mol. The Labute approximate surface area is 155 Å². The van der Waals surface area contributed by atoms with Crippen LogP contribution >= 0.6 is 12.4 Å². The smallest absolute Gasteiger partial charge is 0.241 e. The first-order valence-electron chi connectivity index (χ1n) is 7.60. The van der Waals surface area contributed by atoms with Gasteiger partial charge in [0.2, 0.25) is 5.91 Å². The number of sulfone groups is 1. The van der Waals surface area contributed by atoms with Crippen LogP contribution in [-0.2, 0) is 26.9 Å². The summed E-state index contributed by atoms with van der Waals surface area (Å²) in [5, 5.41) is 2.79. The van der Waals surface area contributed by atoms with E-state index in [1.54, 1.807) is 18.2 Å². The molecule has 25 heavy (non-hydrogen) atoms. The number of carbonyl (C=O) groups excluding carboxylic acids is 1. The molecule has 0 fully saturated rings. The van der Waals surface area contributed by atoms with Gasteiger partial charge < -0.3 is 11.1 Å². The standard InChI is InChI=1S/C18H22N2O3S.ClH/c1-13-6-8-16(9-7-13)17(19)18(21)20-11-14-4-3-5-15(10-14)12-24(2,22)23;/h3-10,17H,11-12,19H2,1-2H3,(H,20,21);1H. The third-order valence-electron chi connectivity index (χ3n) is 3.61. The van der Waals surface area contributed by atoms with E-state index in [4.69, 9.17) is 5.73 Å². The van der Waals surface area contributed by atoms with Crippen molar-refractivity contribution in [1.29, 1.82) is 0 Å². The summed E-state index contributed by atoms with van der Waals surface area (Å²) < 4.78 is 22.7. The molecule has 0 aliphatic rings. The number of nitrogens with two attached hydrogens (primary N) is 1. The maximum absolute atomic E-state index is 12.2. The number of nitrogens with one attached hydrogen (secondary N) is 1. The maximum Gasteiger partial charge on any atom is 0.241 e. The van der Waals surface area contributed by atoms with E-state index in [1.807, 2.05) is 37.3 Å². The van der Waals surface area contributed by atoms with Gasteiger partial charge in [-0.1, -0.05) is 54.1 Å². The number of carbonyl (C=O) groups is 1. The minimum Gasteiger partial charge on any atom is -0.350 e. The van der Waals surface area contributed by atoms with Crippen LogP contribution in [0.15, 0.2) is 48.5 Å². The zero-order chi connectivity index (χ0) is 17.7. The normalized spacial score (nSPS) is 12.1. The quantitative estimate of drug-likeness (QED) is 0.802. The topological polar surface area (TPSA) is 89.3 Å². The summed E-state index contributed by atoms with van der Waals surface area (Å²) in [4.78, 5) is 12.2. The van der Waals surface area contributed by atoms with E-state index in [9.17, 15) is 13.2 Å². The number of halogens is 1. The number of hydrogen-bond acceptors (Lipinski definition) is 4. The van der Waals surface area contributed by atoms with Gasteiger partial charge in [-0.3, -0.25) is 4.79 Å². The largest absolute Gasteiger partial charge is 0.350 e. The average Bonchev–Trinajstić information content (AvgIpc) is 2.51. The number of hydrogen-bond donors (Lipinski definition) is 2. The first-order chi connectivity index (χ1) is 11.2. The Kier molecular flexibility index (Phi) is 7.60. The second-order valence-electron chi connectivity index (χ2n) is 6.00. The molecule has 0 bridgehead atoms. The van der Waals surface area contributed by atoms with Crippen molar-refractivity contribution < 1.29 is 13.2 Å². The molecule has 1 atom stereocenters. The summed E-state index contributed by atoms with van der Waals surface area (Å²) in [5.74, 6) is -0.287. The molecule has 0 heterocycles. The Morgan fingerprint density at radius 2 is 1.72 bits per heavy atom. The van der Waals surface area contributed by atoms with Crippen LogP contribution < -0.4 is 11.1 Å². The molecule has 0 spiro atoms. The highest BCUT2D eigenvalue weighted by molar-refractivity contribution is 7.89. The lowest BCUT2D eigenvalue weighted by atomic mass is 10.1. The van der Waals surface area contributed by atoms with Crippen molar-refractivity contribution in [2.45, 2.75) is 25.3 Å². The van der Waals surface area contributed by atoms with E-state index < -0.39 is 15.9 Å². The molecule has 5 nitrogen and oxygen atoms in total. The fourth-order valence-electron chi connectivity index (χ4n) is 2.36. The van der Waals surface area contributed by atoms with Crippen LogP contribution in [0.2, 0.25) is 0 Å². The summed E-state index contributed by atoms with van der Waals surface area (Å²) in [6.45, 7) is 2.27. The fraction of sp³-hybridized carbons (Fsp3) is 0.278. The average molecular weight is 383 g/mol. The molecule has 2 aromatic carbocycles. The lowest BCUT2D eigenvalue weighted by Crippen LogP contribution is -2.33. The van der Waals surface area contributed by atoms with Crippen LogP contribution in [0.4, 0.5) is 0 Å². The molecule has 0 saturated heterocycles. The van der Waals surface area contributed by atoms with Crippen molar-refractivity contribution in [2.75, 3.05) is 6.26 Å². The Hall–Kier alpha value is -1.89. The molecule has 2 aromatic rings. The van der Waals surface area contributed by atoms with Gasteiger partial charge in [0.15, 0.2) is 9.84 Å². The molecular weight excluding hydrogens is 360 g/mol. The molecule has 0 radical (unpaired) electrons. The van der Waals surface area contributed by atoms with Gasteiger partial charge in [-0.2, -0.15) is 0 Å². The molecule has 0 aliphatic heterocycles. The molecule has 1 amide bonds. The van der Waals surface area contributed by atoms with E-state index >= 15 is 0 Å². The highest BCUT2D eigenvalue weighted by Crippen LogP contribution is 2.13. The first-order valence-corrected chi connectivity index (χ1v) is 9.66. The van der Waals surface area contributed by atoms with Crippen molar-refractivity contribution in [3.63, 3.8) is 0 Å². The van der Waals surface area contributed by atoms with Gasteiger partial charge in [-0.05, 0) is 23.6 Å². The SMILES string of the molecule is Cc1ccc(C(N)C(=O)NCc2cccc(CS(C)(=O)=O)c2)cc1.Cl. The number of aryl methyl sites for hydroxylation is 1. The van der Waals surface area contributed by atoms with E-state index in [1.165, 1.54) is 6.26 Å². The molecule has 136 valence electrons. The molecule has 0 aliphatic carbocycles. The third kappa shape index (κ3) is 6.86. The van der Waals surface area contributed by atoms with Gasteiger partial charge in [0.25, 0.3) is 0 Å². The van der Waals surface area contributed by atoms with Gasteiger partial charge >= 0.3 is 0 Å². The van der Waals surface area contributed by atoms with Crippen LogP contribution in [0.3, 0.4) is 0 Å². The van der Waals surface area contributed by atoms with Crippen LogP contribution in [-0.4, -0.2) is 20.6 Å². The van der Waals surface area contributed by atoms with Crippen LogP contribution in [0, 0.1) is 6.92 Å². The van der Waals surface area contributed by atoms with Crippen molar-refractivity contribution in [2.24, 2.45) is 5.73 Å². The first kappa shape index (κ1) is 21.2. The Balaban J connectivity index is 0.00000312. The molecule has 3 N–H and O–H groups in total. The van der Waals surface area contributed by atoms with Crippen molar-refractivity contribution in [3.8, 4) is 0 Å². The second kappa shape index (κ2) is 8.99. The van der Waals surface area contributed by atoms with Crippen molar-refractivity contribution in [3.05, 3.63) is 70.8 Å². The second-order valence-corrected chi connectivity index (χ2v) is 8.14. The van der Waals surface area contributed by atoms with Gasteiger partial charge in [0.1, 0.15) is 6.04 Å². The lowest BCUT2D eigenvalue weighted by molar-refractivity contribution is -0.122. The highest BCUT2D eigenvalue weighted by Gasteiger charge is 2.15. The minimum absolute atomic E-state index is 0. The third-order valence-corrected chi connectivity index (χ3v) is 4.46. The maximum atomic E-state index is 12.2. The van der Waals surface area contributed by atoms with Crippen LogP contribution in [0.5, 0.6) is 0 Å². The fourth-order valence-corrected chi connectivity index (χ4v) is 3.14. The van der Waals surface area contributed by atoms with E-state index in [-0.39, 0.29) is 24.1 Å². The van der Waals surface area contributed by atoms with Gasteiger partial charge in [-0.15, -0.1) is 12.4 Å². The number of rotatable bonds is 6. The minimum atomic E-state index is -3.09. The Morgan fingerprint density at radius 1 is 1.12 bits per heavy atom. The molecule has 0 saturated carbocycles. The number of amides is 1. The highest BCUT2D eigenvalue weighted by atomic mass is 35.5. The van der Waals surface area contributed by atoms with E-state index in [0.717, 1.165) is 16.7 Å². The van der Waals surface area contributed by atoms with E-state index in [0.29, 0.717) is 12.1 Å². The lowest BCUT2D eigenvalue weighted by Gasteiger charge is -2.13. The van der Waals surface area contributed by atoms with E-state index in [2.05, 4.69) is 5.32 Å². The molecule has 2 rings (SSSR count). The summed E-state index contributed by atoms with van der Waals surface area (Å²) in [5.41, 5.74) is 9.37.